The summed E-state index contributed by atoms with van der Waals surface area (Å²) in [6.07, 6.45) is 0.330. The lowest BCUT2D eigenvalue weighted by atomic mass is 10.1. The Bertz CT molecular complexity index is 469. The zero-order valence-corrected chi connectivity index (χ0v) is 13.0. The average Bonchev–Trinajstić information content (AvgIpc) is 2.28. The van der Waals surface area contributed by atoms with Gasteiger partial charge in [-0.05, 0) is 5.04 Å². The lowest BCUT2D eigenvalue weighted by Gasteiger charge is -2.31. The van der Waals surface area contributed by atoms with E-state index in [1.165, 1.54) is 0 Å². The van der Waals surface area contributed by atoms with E-state index in [-0.39, 0.29) is 10.8 Å². The summed E-state index contributed by atoms with van der Waals surface area (Å²) in [6, 6.07) is 9.37. The van der Waals surface area contributed by atoms with Gasteiger partial charge in [0, 0.05) is 5.56 Å². The first-order valence-corrected chi connectivity index (χ1v) is 9.32. The topological polar surface area (TPSA) is 17.1 Å². The standard InChI is InChI=1S/C16H22OSi/c1-16(2,3)18(4,5)13-9-12-15(17)14-10-7-6-8-11-14/h6-8,10-11H,12H2,1-5H3. The Morgan fingerprint density at radius 3 is 2.22 bits per heavy atom. The molecule has 0 aliphatic heterocycles. The number of Topliss-reactive ketones (excluding diaryl/α,β-unsaturated/α-hetero) is 1. The van der Waals surface area contributed by atoms with Crippen LogP contribution in [-0.4, -0.2) is 13.9 Å². The van der Waals surface area contributed by atoms with Gasteiger partial charge in [-0.15, -0.1) is 11.5 Å². The van der Waals surface area contributed by atoms with Crippen molar-refractivity contribution in [3.63, 3.8) is 0 Å². The Morgan fingerprint density at radius 2 is 1.72 bits per heavy atom. The Balaban J connectivity index is 2.71. The monoisotopic (exact) mass is 258 g/mol. The van der Waals surface area contributed by atoms with Gasteiger partial charge in [0.05, 0.1) is 6.42 Å². The molecule has 1 aromatic carbocycles. The molecule has 0 amide bonds. The number of benzene rings is 1. The molecule has 96 valence electrons. The molecule has 0 atom stereocenters. The predicted octanol–water partition coefficient (Wildman–Crippen LogP) is 4.31. The minimum Gasteiger partial charge on any atom is -0.293 e. The van der Waals surface area contributed by atoms with Gasteiger partial charge in [-0.1, -0.05) is 64.2 Å². The summed E-state index contributed by atoms with van der Waals surface area (Å²) >= 11 is 0. The summed E-state index contributed by atoms with van der Waals surface area (Å²) in [7, 11) is -1.59. The van der Waals surface area contributed by atoms with Crippen LogP contribution in [0.3, 0.4) is 0 Å². The molecule has 1 rings (SSSR count). The van der Waals surface area contributed by atoms with Crippen LogP contribution in [0.1, 0.15) is 37.6 Å². The minimum atomic E-state index is -1.59. The molecule has 0 heterocycles. The summed E-state index contributed by atoms with van der Waals surface area (Å²) in [4.78, 5) is 11.9. The average molecular weight is 258 g/mol. The fraction of sp³-hybridized carbons (Fsp3) is 0.438. The van der Waals surface area contributed by atoms with E-state index in [1.807, 2.05) is 30.3 Å². The van der Waals surface area contributed by atoms with E-state index in [9.17, 15) is 4.79 Å². The van der Waals surface area contributed by atoms with Crippen LogP contribution in [0.2, 0.25) is 18.1 Å². The summed E-state index contributed by atoms with van der Waals surface area (Å²) in [5, 5.41) is 0.246. The van der Waals surface area contributed by atoms with Crippen molar-refractivity contribution in [3.8, 4) is 11.5 Å². The van der Waals surface area contributed by atoms with E-state index in [2.05, 4.69) is 45.3 Å². The SMILES string of the molecule is CC(C)(C)[Si](C)(C)C#CCC(=O)c1ccccc1. The van der Waals surface area contributed by atoms with Gasteiger partial charge in [0.15, 0.2) is 5.78 Å². The fourth-order valence-electron chi connectivity index (χ4n) is 1.26. The first kappa shape index (κ1) is 14.7. The molecule has 0 unspecified atom stereocenters. The second kappa shape index (κ2) is 5.54. The molecule has 1 nitrogen and oxygen atoms in total. The molecule has 18 heavy (non-hydrogen) atoms. The molecule has 1 aromatic rings. The maximum absolute atomic E-state index is 11.9. The molecule has 0 aromatic heterocycles. The van der Waals surface area contributed by atoms with Crippen molar-refractivity contribution in [1.82, 2.24) is 0 Å². The summed E-state index contributed by atoms with van der Waals surface area (Å²) in [5.74, 6) is 3.21. The number of ketones is 1. The molecule has 0 saturated heterocycles. The van der Waals surface area contributed by atoms with Crippen LogP contribution in [0.25, 0.3) is 0 Å². The summed E-state index contributed by atoms with van der Waals surface area (Å²) in [6.45, 7) is 11.2. The van der Waals surface area contributed by atoms with Crippen molar-refractivity contribution >= 4 is 13.9 Å². The molecular formula is C16H22OSi. The predicted molar refractivity (Wildman–Crippen MR) is 80.4 cm³/mol. The van der Waals surface area contributed by atoms with Gasteiger partial charge in [0.25, 0.3) is 0 Å². The lowest BCUT2D eigenvalue weighted by molar-refractivity contribution is 0.0998. The molecule has 0 aliphatic carbocycles. The number of hydrogen-bond acceptors (Lipinski definition) is 1. The molecule has 0 bridgehead atoms. The molecule has 0 saturated carbocycles. The van der Waals surface area contributed by atoms with E-state index in [0.717, 1.165) is 5.56 Å². The summed E-state index contributed by atoms with van der Waals surface area (Å²) in [5.41, 5.74) is 4.12. The van der Waals surface area contributed by atoms with Crippen molar-refractivity contribution < 1.29 is 4.79 Å². The van der Waals surface area contributed by atoms with Gasteiger partial charge in [-0.25, -0.2) is 0 Å². The first-order valence-electron chi connectivity index (χ1n) is 6.32. The van der Waals surface area contributed by atoms with Crippen LogP contribution in [-0.2, 0) is 0 Å². The highest BCUT2D eigenvalue weighted by Crippen LogP contribution is 2.35. The Labute approximate surface area is 112 Å². The quantitative estimate of drug-likeness (QED) is 0.439. The molecular weight excluding hydrogens is 236 g/mol. The smallest absolute Gasteiger partial charge is 0.174 e. The maximum atomic E-state index is 11.9. The highest BCUT2D eigenvalue weighted by Gasteiger charge is 2.33. The molecule has 0 radical (unpaired) electrons. The Morgan fingerprint density at radius 1 is 1.17 bits per heavy atom. The van der Waals surface area contributed by atoms with Gasteiger partial charge < -0.3 is 0 Å². The van der Waals surface area contributed by atoms with Gasteiger partial charge in [-0.2, -0.15) is 0 Å². The van der Waals surface area contributed by atoms with E-state index in [0.29, 0.717) is 6.42 Å². The molecule has 0 fully saturated rings. The van der Waals surface area contributed by atoms with Crippen molar-refractivity contribution in [1.29, 1.82) is 0 Å². The van der Waals surface area contributed by atoms with Crippen LogP contribution >= 0.6 is 0 Å². The van der Waals surface area contributed by atoms with Crippen LogP contribution in [0.5, 0.6) is 0 Å². The third kappa shape index (κ3) is 3.85. The van der Waals surface area contributed by atoms with Gasteiger partial charge in [0.2, 0.25) is 0 Å². The van der Waals surface area contributed by atoms with E-state index >= 15 is 0 Å². The number of rotatable bonds is 2. The van der Waals surface area contributed by atoms with Crippen LogP contribution in [0.15, 0.2) is 30.3 Å². The van der Waals surface area contributed by atoms with Gasteiger partial charge in [0.1, 0.15) is 8.07 Å². The maximum Gasteiger partial charge on any atom is 0.174 e. The molecule has 2 heteroatoms. The summed E-state index contributed by atoms with van der Waals surface area (Å²) < 4.78 is 0. The third-order valence-corrected chi connectivity index (χ3v) is 8.17. The van der Waals surface area contributed by atoms with E-state index in [1.54, 1.807) is 0 Å². The highest BCUT2D eigenvalue weighted by atomic mass is 28.3. The van der Waals surface area contributed by atoms with Gasteiger partial charge >= 0.3 is 0 Å². The van der Waals surface area contributed by atoms with Crippen LogP contribution in [0.4, 0.5) is 0 Å². The van der Waals surface area contributed by atoms with Crippen molar-refractivity contribution in [2.75, 3.05) is 0 Å². The normalized spacial score (nSPS) is 11.6. The molecule has 0 spiro atoms. The molecule has 0 N–H and O–H groups in total. The van der Waals surface area contributed by atoms with E-state index in [4.69, 9.17) is 0 Å². The van der Waals surface area contributed by atoms with Crippen LogP contribution < -0.4 is 0 Å². The van der Waals surface area contributed by atoms with Gasteiger partial charge in [-0.3, -0.25) is 4.79 Å². The fourth-order valence-corrected chi connectivity index (χ4v) is 2.16. The number of hydrogen-bond donors (Lipinski definition) is 0. The highest BCUT2D eigenvalue weighted by molar-refractivity contribution is 6.87. The second-order valence-corrected chi connectivity index (χ2v) is 11.1. The first-order chi connectivity index (χ1) is 8.24. The Hall–Kier alpha value is -1.33. The lowest BCUT2D eigenvalue weighted by Crippen LogP contribution is -2.35. The number of carbonyl (C=O) groups is 1. The zero-order valence-electron chi connectivity index (χ0n) is 12.0. The van der Waals surface area contributed by atoms with Crippen molar-refractivity contribution in [2.45, 2.75) is 45.3 Å². The number of carbonyl (C=O) groups excluding carboxylic acids is 1. The molecule has 0 aliphatic rings. The second-order valence-electron chi connectivity index (χ2n) is 6.14. The minimum absolute atomic E-state index is 0.113. The third-order valence-electron chi connectivity index (χ3n) is 3.62. The largest absolute Gasteiger partial charge is 0.293 e. The Kier molecular flexibility index (Phi) is 4.53. The van der Waals surface area contributed by atoms with Crippen molar-refractivity contribution in [2.24, 2.45) is 0 Å². The van der Waals surface area contributed by atoms with Crippen LogP contribution in [0, 0.1) is 11.5 Å². The van der Waals surface area contributed by atoms with Crippen molar-refractivity contribution in [3.05, 3.63) is 35.9 Å². The zero-order chi connectivity index (χ0) is 13.8. The van der Waals surface area contributed by atoms with E-state index < -0.39 is 8.07 Å².